The van der Waals surface area contributed by atoms with E-state index in [1.54, 1.807) is 0 Å². The summed E-state index contributed by atoms with van der Waals surface area (Å²) in [5.74, 6) is 1.75. The van der Waals surface area contributed by atoms with Crippen LogP contribution in [0, 0.1) is 13.8 Å². The van der Waals surface area contributed by atoms with E-state index >= 15 is 0 Å². The van der Waals surface area contributed by atoms with Gasteiger partial charge < -0.3 is 9.84 Å². The van der Waals surface area contributed by atoms with Gasteiger partial charge in [0.05, 0.1) is 0 Å². The Hall–Kier alpha value is -0.990. The Labute approximate surface area is 60.4 Å². The van der Waals surface area contributed by atoms with Gasteiger partial charge in [-0.05, 0) is 20.8 Å². The fourth-order valence-corrected chi connectivity index (χ4v) is 0.750. The number of hydrogen-bond donors (Lipinski definition) is 1. The van der Waals surface area contributed by atoms with Gasteiger partial charge in [-0.15, -0.1) is 0 Å². The number of aryl methyl sites for hydroxylation is 1. The van der Waals surface area contributed by atoms with Crippen molar-refractivity contribution in [2.75, 3.05) is 11.9 Å². The maximum atomic E-state index is 4.94. The SMILES string of the molecule is CCNc1noc(C)c1C. The first-order chi connectivity index (χ1) is 4.75. The maximum absolute atomic E-state index is 4.94. The van der Waals surface area contributed by atoms with Gasteiger partial charge in [0.1, 0.15) is 5.76 Å². The molecule has 0 fully saturated rings. The molecule has 0 bridgehead atoms. The van der Waals surface area contributed by atoms with E-state index in [-0.39, 0.29) is 0 Å². The van der Waals surface area contributed by atoms with Crippen LogP contribution in [0.2, 0.25) is 0 Å². The van der Waals surface area contributed by atoms with E-state index < -0.39 is 0 Å². The van der Waals surface area contributed by atoms with Crippen LogP contribution in [0.25, 0.3) is 0 Å². The van der Waals surface area contributed by atoms with Gasteiger partial charge in [0.15, 0.2) is 5.82 Å². The van der Waals surface area contributed by atoms with Crippen molar-refractivity contribution >= 4 is 5.82 Å². The molecule has 0 saturated heterocycles. The standard InChI is InChI=1S/C7H12N2O/c1-4-8-7-5(2)6(3)10-9-7/h4H2,1-3H3,(H,8,9). The van der Waals surface area contributed by atoms with Crippen molar-refractivity contribution < 1.29 is 4.52 Å². The minimum absolute atomic E-state index is 0.861. The summed E-state index contributed by atoms with van der Waals surface area (Å²) in [6.07, 6.45) is 0. The van der Waals surface area contributed by atoms with Gasteiger partial charge in [0.2, 0.25) is 0 Å². The minimum atomic E-state index is 0.861. The lowest BCUT2D eigenvalue weighted by Crippen LogP contribution is -1.97. The van der Waals surface area contributed by atoms with E-state index in [1.807, 2.05) is 20.8 Å². The van der Waals surface area contributed by atoms with E-state index in [9.17, 15) is 0 Å². The number of nitrogens with zero attached hydrogens (tertiary/aromatic N) is 1. The normalized spacial score (nSPS) is 9.90. The lowest BCUT2D eigenvalue weighted by molar-refractivity contribution is 0.399. The van der Waals surface area contributed by atoms with Gasteiger partial charge >= 0.3 is 0 Å². The highest BCUT2D eigenvalue weighted by Crippen LogP contribution is 2.15. The van der Waals surface area contributed by atoms with Gasteiger partial charge in [-0.1, -0.05) is 5.16 Å². The fraction of sp³-hybridized carbons (Fsp3) is 0.571. The number of nitrogens with one attached hydrogen (secondary N) is 1. The predicted octanol–water partition coefficient (Wildman–Crippen LogP) is 1.72. The van der Waals surface area contributed by atoms with Crippen LogP contribution in [-0.4, -0.2) is 11.7 Å². The van der Waals surface area contributed by atoms with Gasteiger partial charge in [-0.25, -0.2) is 0 Å². The third-order valence-corrected chi connectivity index (χ3v) is 1.50. The second kappa shape index (κ2) is 2.73. The monoisotopic (exact) mass is 140 g/mol. The van der Waals surface area contributed by atoms with Crippen LogP contribution in [-0.2, 0) is 0 Å². The predicted molar refractivity (Wildman–Crippen MR) is 40.1 cm³/mol. The van der Waals surface area contributed by atoms with E-state index in [0.717, 1.165) is 23.7 Å². The summed E-state index contributed by atoms with van der Waals surface area (Å²) < 4.78 is 4.94. The zero-order valence-corrected chi connectivity index (χ0v) is 6.56. The summed E-state index contributed by atoms with van der Waals surface area (Å²) >= 11 is 0. The molecule has 3 heteroatoms. The van der Waals surface area contributed by atoms with Crippen LogP contribution in [0.5, 0.6) is 0 Å². The number of rotatable bonds is 2. The fourth-order valence-electron chi connectivity index (χ4n) is 0.750. The first kappa shape index (κ1) is 7.12. The van der Waals surface area contributed by atoms with Gasteiger partial charge in [0.25, 0.3) is 0 Å². The highest BCUT2D eigenvalue weighted by atomic mass is 16.5. The second-order valence-corrected chi connectivity index (χ2v) is 2.24. The molecule has 0 spiro atoms. The van der Waals surface area contributed by atoms with Crippen molar-refractivity contribution in [3.05, 3.63) is 11.3 Å². The van der Waals surface area contributed by atoms with Crippen LogP contribution >= 0.6 is 0 Å². The van der Waals surface area contributed by atoms with E-state index in [4.69, 9.17) is 4.52 Å². The molecule has 56 valence electrons. The first-order valence-corrected chi connectivity index (χ1v) is 3.42. The molecule has 0 amide bonds. The van der Waals surface area contributed by atoms with Crippen LogP contribution < -0.4 is 5.32 Å². The molecule has 10 heavy (non-hydrogen) atoms. The van der Waals surface area contributed by atoms with Gasteiger partial charge in [-0.2, -0.15) is 0 Å². The molecule has 0 aliphatic carbocycles. The van der Waals surface area contributed by atoms with Crippen molar-refractivity contribution in [2.45, 2.75) is 20.8 Å². The van der Waals surface area contributed by atoms with Crippen molar-refractivity contribution in [3.63, 3.8) is 0 Å². The summed E-state index contributed by atoms with van der Waals surface area (Å²) in [5, 5.41) is 6.91. The first-order valence-electron chi connectivity index (χ1n) is 3.42. The Morgan fingerprint density at radius 1 is 1.50 bits per heavy atom. The van der Waals surface area contributed by atoms with E-state index in [1.165, 1.54) is 0 Å². The summed E-state index contributed by atoms with van der Waals surface area (Å²) in [7, 11) is 0. The molecular weight excluding hydrogens is 128 g/mol. The molecule has 0 unspecified atom stereocenters. The zero-order chi connectivity index (χ0) is 7.56. The van der Waals surface area contributed by atoms with Crippen molar-refractivity contribution in [1.29, 1.82) is 0 Å². The lowest BCUT2D eigenvalue weighted by Gasteiger charge is -1.95. The summed E-state index contributed by atoms with van der Waals surface area (Å²) in [4.78, 5) is 0. The number of aromatic nitrogens is 1. The Kier molecular flexibility index (Phi) is 1.94. The molecule has 0 saturated carbocycles. The van der Waals surface area contributed by atoms with Crippen molar-refractivity contribution in [1.82, 2.24) is 5.16 Å². The van der Waals surface area contributed by atoms with Crippen LogP contribution in [0.4, 0.5) is 5.82 Å². The van der Waals surface area contributed by atoms with E-state index in [2.05, 4.69) is 10.5 Å². The van der Waals surface area contributed by atoms with Crippen molar-refractivity contribution in [3.8, 4) is 0 Å². The number of hydrogen-bond acceptors (Lipinski definition) is 3. The summed E-state index contributed by atoms with van der Waals surface area (Å²) in [6.45, 7) is 6.81. The van der Waals surface area contributed by atoms with Crippen LogP contribution in [0.3, 0.4) is 0 Å². The summed E-state index contributed by atoms with van der Waals surface area (Å²) in [5.41, 5.74) is 1.10. The zero-order valence-electron chi connectivity index (χ0n) is 6.56. The van der Waals surface area contributed by atoms with Gasteiger partial charge in [-0.3, -0.25) is 0 Å². The minimum Gasteiger partial charge on any atom is -0.367 e. The molecule has 0 atom stereocenters. The van der Waals surface area contributed by atoms with E-state index in [0.29, 0.717) is 0 Å². The van der Waals surface area contributed by atoms with Gasteiger partial charge in [0, 0.05) is 12.1 Å². The highest BCUT2D eigenvalue weighted by molar-refractivity contribution is 5.43. The quantitative estimate of drug-likeness (QED) is 0.679. The molecule has 0 aromatic carbocycles. The highest BCUT2D eigenvalue weighted by Gasteiger charge is 2.04. The molecule has 1 heterocycles. The average molecular weight is 140 g/mol. The summed E-state index contributed by atoms with van der Waals surface area (Å²) in [6, 6.07) is 0. The molecule has 1 aromatic heterocycles. The molecule has 0 aliphatic rings. The van der Waals surface area contributed by atoms with Crippen LogP contribution in [0.15, 0.2) is 4.52 Å². The third-order valence-electron chi connectivity index (χ3n) is 1.50. The molecule has 3 nitrogen and oxygen atoms in total. The average Bonchev–Trinajstić information content (AvgIpc) is 2.20. The molecular formula is C7H12N2O. The Morgan fingerprint density at radius 2 is 2.20 bits per heavy atom. The molecule has 1 N–H and O–H groups in total. The van der Waals surface area contributed by atoms with Crippen molar-refractivity contribution in [2.24, 2.45) is 0 Å². The Morgan fingerprint density at radius 3 is 2.60 bits per heavy atom. The second-order valence-electron chi connectivity index (χ2n) is 2.24. The smallest absolute Gasteiger partial charge is 0.172 e. The molecule has 0 radical (unpaired) electrons. The Balaban J connectivity index is 2.83. The number of anilines is 1. The topological polar surface area (TPSA) is 38.1 Å². The van der Waals surface area contributed by atoms with Crippen LogP contribution in [0.1, 0.15) is 18.2 Å². The molecule has 1 aromatic rings. The third kappa shape index (κ3) is 1.12. The largest absolute Gasteiger partial charge is 0.367 e. The molecule has 1 rings (SSSR count). The Bertz CT molecular complexity index is 217. The maximum Gasteiger partial charge on any atom is 0.172 e. The lowest BCUT2D eigenvalue weighted by atomic mass is 10.3. The molecule has 0 aliphatic heterocycles.